The lowest BCUT2D eigenvalue weighted by Crippen LogP contribution is -2.15. The molecule has 0 radical (unpaired) electrons. The van der Waals surface area contributed by atoms with Crippen molar-refractivity contribution in [2.45, 2.75) is 6.92 Å². The van der Waals surface area contributed by atoms with Gasteiger partial charge < -0.3 is 5.32 Å². The number of anilines is 1. The number of amides is 1. The largest absolute Gasteiger partial charge is 0.321 e. The van der Waals surface area contributed by atoms with Crippen molar-refractivity contribution >= 4 is 51.1 Å². The van der Waals surface area contributed by atoms with Gasteiger partial charge in [0.15, 0.2) is 4.96 Å². The van der Waals surface area contributed by atoms with Crippen LogP contribution in [0.15, 0.2) is 29.8 Å². The van der Waals surface area contributed by atoms with E-state index in [2.05, 4.69) is 10.3 Å². The zero-order valence-corrected chi connectivity index (χ0v) is 12.7. The first-order valence-electron chi connectivity index (χ1n) is 5.75. The fraction of sp³-hybridized carbons (Fsp3) is 0.0769. The molecule has 3 aromatic rings. The van der Waals surface area contributed by atoms with Crippen LogP contribution < -0.4 is 5.32 Å². The number of nitrogens with one attached hydrogen (secondary N) is 1. The van der Waals surface area contributed by atoms with Crippen molar-refractivity contribution in [3.63, 3.8) is 0 Å². The summed E-state index contributed by atoms with van der Waals surface area (Å²) in [5.74, 6) is -0.230. The van der Waals surface area contributed by atoms with Crippen LogP contribution in [-0.4, -0.2) is 15.3 Å². The van der Waals surface area contributed by atoms with Crippen LogP contribution >= 0.6 is 34.5 Å². The summed E-state index contributed by atoms with van der Waals surface area (Å²) in [4.78, 5) is 17.5. The minimum absolute atomic E-state index is 0.230. The Morgan fingerprint density at radius 2 is 2.15 bits per heavy atom. The summed E-state index contributed by atoms with van der Waals surface area (Å²) >= 11 is 13.3. The molecule has 1 N–H and O–H groups in total. The first-order chi connectivity index (χ1) is 9.56. The van der Waals surface area contributed by atoms with Gasteiger partial charge in [-0.3, -0.25) is 9.20 Å². The predicted octanol–water partition coefficient (Wildman–Crippen LogP) is 4.26. The van der Waals surface area contributed by atoms with Gasteiger partial charge in [-0.1, -0.05) is 23.2 Å². The highest BCUT2D eigenvalue weighted by molar-refractivity contribution is 7.15. The van der Waals surface area contributed by atoms with Crippen molar-refractivity contribution in [2.24, 2.45) is 0 Å². The summed E-state index contributed by atoms with van der Waals surface area (Å²) in [5.41, 5.74) is 1.80. The van der Waals surface area contributed by atoms with E-state index in [9.17, 15) is 4.79 Å². The molecule has 0 aliphatic carbocycles. The number of carbonyl (C=O) groups excluding carboxylic acids is 1. The summed E-state index contributed by atoms with van der Waals surface area (Å²) in [5, 5.41) is 5.53. The van der Waals surface area contributed by atoms with E-state index in [1.54, 1.807) is 22.6 Å². The van der Waals surface area contributed by atoms with Crippen LogP contribution in [0.1, 0.15) is 16.2 Å². The Hall–Kier alpha value is -1.56. The SMILES string of the molecule is Cc1nc2sccn2c1C(=O)Nc1ccc(Cl)c(Cl)c1. The van der Waals surface area contributed by atoms with Gasteiger partial charge in [-0.2, -0.15) is 0 Å². The van der Waals surface area contributed by atoms with Crippen LogP contribution in [0.4, 0.5) is 5.69 Å². The van der Waals surface area contributed by atoms with Gasteiger partial charge in [0.2, 0.25) is 0 Å². The van der Waals surface area contributed by atoms with Crippen molar-refractivity contribution in [3.8, 4) is 0 Å². The van der Waals surface area contributed by atoms with Gasteiger partial charge in [-0.25, -0.2) is 4.98 Å². The molecule has 1 aromatic carbocycles. The maximum absolute atomic E-state index is 12.4. The molecule has 0 aliphatic rings. The Labute approximate surface area is 129 Å². The molecule has 0 bridgehead atoms. The Bertz CT molecular complexity index is 809. The fourth-order valence-electron chi connectivity index (χ4n) is 1.93. The minimum atomic E-state index is -0.230. The Balaban J connectivity index is 1.94. The lowest BCUT2D eigenvalue weighted by atomic mass is 10.3. The number of halogens is 2. The van der Waals surface area contributed by atoms with E-state index >= 15 is 0 Å². The molecule has 0 aliphatic heterocycles. The third-order valence-electron chi connectivity index (χ3n) is 2.83. The lowest BCUT2D eigenvalue weighted by Gasteiger charge is -2.06. The van der Waals surface area contributed by atoms with Gasteiger partial charge in [0.05, 0.1) is 15.7 Å². The number of aryl methyl sites for hydroxylation is 1. The van der Waals surface area contributed by atoms with Gasteiger partial charge in [0, 0.05) is 17.3 Å². The molecule has 0 atom stereocenters. The predicted molar refractivity (Wildman–Crippen MR) is 82.2 cm³/mol. The van der Waals surface area contributed by atoms with Crippen molar-refractivity contribution < 1.29 is 4.79 Å². The summed E-state index contributed by atoms with van der Waals surface area (Å²) < 4.78 is 1.77. The molecule has 0 spiro atoms. The minimum Gasteiger partial charge on any atom is -0.321 e. The smallest absolute Gasteiger partial charge is 0.274 e. The maximum atomic E-state index is 12.4. The normalized spacial score (nSPS) is 10.9. The number of imidazole rings is 1. The summed E-state index contributed by atoms with van der Waals surface area (Å²) in [7, 11) is 0. The zero-order chi connectivity index (χ0) is 14.3. The standard InChI is InChI=1S/C13H9Cl2N3OS/c1-7-11(18-4-5-20-13(18)16-7)12(19)17-8-2-3-9(14)10(15)6-8/h2-6H,1H3,(H,17,19). The molecule has 1 amide bonds. The van der Waals surface area contributed by atoms with Crippen molar-refractivity contribution in [1.29, 1.82) is 0 Å². The van der Waals surface area contributed by atoms with Gasteiger partial charge >= 0.3 is 0 Å². The van der Waals surface area contributed by atoms with E-state index in [0.29, 0.717) is 27.1 Å². The number of hydrogen-bond donors (Lipinski definition) is 1. The molecule has 0 saturated heterocycles. The molecular formula is C13H9Cl2N3OS. The second-order valence-corrected chi connectivity index (χ2v) is 5.87. The molecule has 0 fully saturated rings. The van der Waals surface area contributed by atoms with Crippen molar-refractivity contribution in [1.82, 2.24) is 9.38 Å². The van der Waals surface area contributed by atoms with Crippen molar-refractivity contribution in [2.75, 3.05) is 5.32 Å². The number of rotatable bonds is 2. The fourth-order valence-corrected chi connectivity index (χ4v) is 2.99. The molecule has 2 heterocycles. The van der Waals surface area contributed by atoms with E-state index in [1.807, 2.05) is 18.5 Å². The molecular weight excluding hydrogens is 317 g/mol. The first-order valence-corrected chi connectivity index (χ1v) is 7.38. The van der Waals surface area contributed by atoms with Gasteiger partial charge in [0.1, 0.15) is 5.69 Å². The molecule has 0 unspecified atom stereocenters. The Kier molecular flexibility index (Phi) is 3.41. The van der Waals surface area contributed by atoms with Crippen LogP contribution in [0.25, 0.3) is 4.96 Å². The molecule has 102 valence electrons. The highest BCUT2D eigenvalue weighted by Gasteiger charge is 2.17. The van der Waals surface area contributed by atoms with E-state index < -0.39 is 0 Å². The molecule has 4 nitrogen and oxygen atoms in total. The summed E-state index contributed by atoms with van der Waals surface area (Å²) in [6.07, 6.45) is 1.82. The summed E-state index contributed by atoms with van der Waals surface area (Å²) in [6.45, 7) is 1.81. The zero-order valence-electron chi connectivity index (χ0n) is 10.4. The highest BCUT2D eigenvalue weighted by Crippen LogP contribution is 2.25. The third kappa shape index (κ3) is 2.28. The van der Waals surface area contributed by atoms with Crippen LogP contribution in [0.2, 0.25) is 10.0 Å². The number of thiazole rings is 1. The van der Waals surface area contributed by atoms with E-state index in [0.717, 1.165) is 4.96 Å². The number of carbonyl (C=O) groups is 1. The van der Waals surface area contributed by atoms with Gasteiger partial charge in [-0.05, 0) is 25.1 Å². The number of hydrogen-bond acceptors (Lipinski definition) is 3. The third-order valence-corrected chi connectivity index (χ3v) is 4.32. The second-order valence-electron chi connectivity index (χ2n) is 4.18. The molecule has 20 heavy (non-hydrogen) atoms. The average Bonchev–Trinajstić information content (AvgIpc) is 2.93. The van der Waals surface area contributed by atoms with E-state index in [1.165, 1.54) is 11.3 Å². The van der Waals surface area contributed by atoms with Crippen LogP contribution in [0.5, 0.6) is 0 Å². The Morgan fingerprint density at radius 3 is 2.90 bits per heavy atom. The molecule has 7 heteroatoms. The second kappa shape index (κ2) is 5.09. The molecule has 2 aromatic heterocycles. The Morgan fingerprint density at radius 1 is 1.35 bits per heavy atom. The van der Waals surface area contributed by atoms with Gasteiger partial charge in [-0.15, -0.1) is 11.3 Å². The topological polar surface area (TPSA) is 46.4 Å². The number of benzene rings is 1. The van der Waals surface area contributed by atoms with Gasteiger partial charge in [0.25, 0.3) is 5.91 Å². The monoisotopic (exact) mass is 325 g/mol. The average molecular weight is 326 g/mol. The first kappa shape index (κ1) is 13.4. The quantitative estimate of drug-likeness (QED) is 0.765. The molecule has 3 rings (SSSR count). The highest BCUT2D eigenvalue weighted by atomic mass is 35.5. The van der Waals surface area contributed by atoms with E-state index in [-0.39, 0.29) is 5.91 Å². The molecule has 0 saturated carbocycles. The maximum Gasteiger partial charge on any atom is 0.274 e. The lowest BCUT2D eigenvalue weighted by molar-refractivity contribution is 0.102. The van der Waals surface area contributed by atoms with Crippen LogP contribution in [0, 0.1) is 6.92 Å². The number of nitrogens with zero attached hydrogens (tertiary/aromatic N) is 2. The van der Waals surface area contributed by atoms with E-state index in [4.69, 9.17) is 23.2 Å². The number of fused-ring (bicyclic) bond motifs is 1. The summed E-state index contributed by atoms with van der Waals surface area (Å²) in [6, 6.07) is 4.96. The van der Waals surface area contributed by atoms with Crippen molar-refractivity contribution in [3.05, 3.63) is 51.2 Å². The number of aromatic nitrogens is 2. The van der Waals surface area contributed by atoms with Crippen LogP contribution in [-0.2, 0) is 0 Å². The van der Waals surface area contributed by atoms with Crippen LogP contribution in [0.3, 0.4) is 0 Å².